The number of aromatic amines is 1. The first kappa shape index (κ1) is 19.7. The lowest BCUT2D eigenvalue weighted by Crippen LogP contribution is -2.20. The molecule has 0 bridgehead atoms. The molecule has 0 fully saturated rings. The summed E-state index contributed by atoms with van der Waals surface area (Å²) in [5, 5.41) is 2.86. The minimum atomic E-state index is -0.197. The van der Waals surface area contributed by atoms with Crippen LogP contribution in [0.25, 0.3) is 22.4 Å². The lowest BCUT2D eigenvalue weighted by Gasteiger charge is -2.08. The van der Waals surface area contributed by atoms with Crippen LogP contribution >= 0.6 is 0 Å². The molecule has 0 aliphatic heterocycles. The second-order valence-electron chi connectivity index (χ2n) is 7.45. The summed E-state index contributed by atoms with van der Waals surface area (Å²) in [6, 6.07) is 19.6. The Morgan fingerprint density at radius 1 is 1.00 bits per heavy atom. The largest absolute Gasteiger partial charge is 0.484 e. The van der Waals surface area contributed by atoms with E-state index in [-0.39, 0.29) is 12.5 Å². The number of anilines is 1. The predicted molar refractivity (Wildman–Crippen MR) is 121 cm³/mol. The van der Waals surface area contributed by atoms with Gasteiger partial charge >= 0.3 is 0 Å². The summed E-state index contributed by atoms with van der Waals surface area (Å²) in [6.45, 7) is 6.25. The number of carbonyl (C=O) groups excluding carboxylic acids is 1. The first-order chi connectivity index (χ1) is 14.5. The topological polar surface area (TPSA) is 67.0 Å². The van der Waals surface area contributed by atoms with Crippen molar-refractivity contribution in [2.24, 2.45) is 0 Å². The number of aryl methyl sites for hydroxylation is 3. The maximum Gasteiger partial charge on any atom is 0.262 e. The highest BCUT2D eigenvalue weighted by Crippen LogP contribution is 2.24. The van der Waals surface area contributed by atoms with Gasteiger partial charge in [-0.1, -0.05) is 19.1 Å². The molecule has 152 valence electrons. The van der Waals surface area contributed by atoms with Gasteiger partial charge in [-0.2, -0.15) is 0 Å². The SMILES string of the molecule is CCc1ccc(OCC(=O)Nc2ccc(-c3nc4cc(C)c(C)cc4[nH]3)cc2)cc1. The molecule has 1 heterocycles. The highest BCUT2D eigenvalue weighted by Gasteiger charge is 2.08. The second-order valence-corrected chi connectivity index (χ2v) is 7.45. The van der Waals surface area contributed by atoms with Crippen LogP contribution in [0, 0.1) is 13.8 Å². The summed E-state index contributed by atoms with van der Waals surface area (Å²) in [5.41, 5.74) is 7.36. The number of benzene rings is 3. The van der Waals surface area contributed by atoms with Crippen molar-refractivity contribution >= 4 is 22.6 Å². The zero-order chi connectivity index (χ0) is 21.1. The quantitative estimate of drug-likeness (QED) is 0.454. The van der Waals surface area contributed by atoms with Crippen molar-refractivity contribution in [1.29, 1.82) is 0 Å². The van der Waals surface area contributed by atoms with E-state index in [4.69, 9.17) is 4.74 Å². The first-order valence-electron chi connectivity index (χ1n) is 10.1. The molecule has 0 radical (unpaired) electrons. The van der Waals surface area contributed by atoms with E-state index in [1.165, 1.54) is 16.7 Å². The van der Waals surface area contributed by atoms with Crippen molar-refractivity contribution in [2.75, 3.05) is 11.9 Å². The summed E-state index contributed by atoms with van der Waals surface area (Å²) in [6.07, 6.45) is 0.976. The van der Waals surface area contributed by atoms with Crippen molar-refractivity contribution < 1.29 is 9.53 Å². The van der Waals surface area contributed by atoms with Crippen LogP contribution in [-0.2, 0) is 11.2 Å². The molecule has 1 amide bonds. The smallest absolute Gasteiger partial charge is 0.262 e. The third-order valence-electron chi connectivity index (χ3n) is 5.24. The van der Waals surface area contributed by atoms with Gasteiger partial charge in [0.15, 0.2) is 6.61 Å². The number of ether oxygens (including phenoxy) is 1. The van der Waals surface area contributed by atoms with E-state index >= 15 is 0 Å². The molecular formula is C25H25N3O2. The van der Waals surface area contributed by atoms with Gasteiger partial charge in [0, 0.05) is 11.3 Å². The Labute approximate surface area is 176 Å². The summed E-state index contributed by atoms with van der Waals surface area (Å²) in [7, 11) is 0. The Kier molecular flexibility index (Phi) is 5.53. The Morgan fingerprint density at radius 3 is 2.40 bits per heavy atom. The number of H-pyrrole nitrogens is 1. The maximum atomic E-state index is 12.2. The number of nitrogens with zero attached hydrogens (tertiary/aromatic N) is 1. The van der Waals surface area contributed by atoms with Gasteiger partial charge in [-0.05, 0) is 85.5 Å². The van der Waals surface area contributed by atoms with Crippen molar-refractivity contribution in [2.45, 2.75) is 27.2 Å². The third-order valence-corrected chi connectivity index (χ3v) is 5.24. The second kappa shape index (κ2) is 8.41. The molecule has 5 nitrogen and oxygen atoms in total. The van der Waals surface area contributed by atoms with Crippen LogP contribution in [0.3, 0.4) is 0 Å². The number of rotatable bonds is 6. The Morgan fingerprint density at radius 2 is 1.70 bits per heavy atom. The van der Waals surface area contributed by atoms with Crippen LogP contribution in [-0.4, -0.2) is 22.5 Å². The summed E-state index contributed by atoms with van der Waals surface area (Å²) in [4.78, 5) is 20.2. The highest BCUT2D eigenvalue weighted by atomic mass is 16.5. The first-order valence-corrected chi connectivity index (χ1v) is 10.1. The van der Waals surface area contributed by atoms with E-state index in [1.54, 1.807) is 0 Å². The minimum Gasteiger partial charge on any atom is -0.484 e. The molecule has 0 unspecified atom stereocenters. The van der Waals surface area contributed by atoms with Gasteiger partial charge in [-0.3, -0.25) is 4.79 Å². The molecule has 5 heteroatoms. The number of aromatic nitrogens is 2. The molecule has 0 saturated carbocycles. The summed E-state index contributed by atoms with van der Waals surface area (Å²) in [5.74, 6) is 1.30. The third kappa shape index (κ3) is 4.35. The van der Waals surface area contributed by atoms with Crippen LogP contribution < -0.4 is 10.1 Å². The molecule has 2 N–H and O–H groups in total. The average molecular weight is 399 g/mol. The fourth-order valence-corrected chi connectivity index (χ4v) is 3.29. The molecule has 4 rings (SSSR count). The molecule has 4 aromatic rings. The van der Waals surface area contributed by atoms with Crippen LogP contribution in [0.2, 0.25) is 0 Å². The number of imidazole rings is 1. The standard InChI is InChI=1S/C25H25N3O2/c1-4-18-5-11-21(12-6-18)30-15-24(29)26-20-9-7-19(8-10-20)25-27-22-13-16(2)17(3)14-23(22)28-25/h5-14H,4,15H2,1-3H3,(H,26,29)(H,27,28). The monoisotopic (exact) mass is 399 g/mol. The van der Waals surface area contributed by atoms with Gasteiger partial charge in [0.2, 0.25) is 0 Å². The van der Waals surface area contributed by atoms with Crippen molar-refractivity contribution in [1.82, 2.24) is 9.97 Å². The van der Waals surface area contributed by atoms with E-state index in [0.29, 0.717) is 5.75 Å². The molecule has 30 heavy (non-hydrogen) atoms. The summed E-state index contributed by atoms with van der Waals surface area (Å²) >= 11 is 0. The van der Waals surface area contributed by atoms with Crippen molar-refractivity contribution in [3.8, 4) is 17.1 Å². The Hall–Kier alpha value is -3.60. The van der Waals surface area contributed by atoms with E-state index in [9.17, 15) is 4.79 Å². The van der Waals surface area contributed by atoms with E-state index in [2.05, 4.69) is 48.2 Å². The normalized spacial score (nSPS) is 10.9. The van der Waals surface area contributed by atoms with E-state index in [1.807, 2.05) is 48.5 Å². The van der Waals surface area contributed by atoms with Crippen LogP contribution in [0.15, 0.2) is 60.7 Å². The molecular weight excluding hydrogens is 374 g/mol. The number of amides is 1. The van der Waals surface area contributed by atoms with E-state index < -0.39 is 0 Å². The fraction of sp³-hybridized carbons (Fsp3) is 0.200. The van der Waals surface area contributed by atoms with E-state index in [0.717, 1.165) is 34.5 Å². The molecule has 0 aliphatic carbocycles. The maximum absolute atomic E-state index is 12.2. The van der Waals surface area contributed by atoms with Gasteiger partial charge in [-0.25, -0.2) is 4.98 Å². The lowest BCUT2D eigenvalue weighted by molar-refractivity contribution is -0.118. The number of fused-ring (bicyclic) bond motifs is 1. The van der Waals surface area contributed by atoms with Crippen molar-refractivity contribution in [3.63, 3.8) is 0 Å². The number of hydrogen-bond acceptors (Lipinski definition) is 3. The minimum absolute atomic E-state index is 0.0322. The molecule has 0 spiro atoms. The Balaban J connectivity index is 1.38. The number of hydrogen-bond donors (Lipinski definition) is 2. The molecule has 0 aliphatic rings. The highest BCUT2D eigenvalue weighted by molar-refractivity contribution is 5.92. The zero-order valence-corrected chi connectivity index (χ0v) is 17.5. The number of carbonyl (C=O) groups is 1. The fourth-order valence-electron chi connectivity index (χ4n) is 3.29. The molecule has 0 atom stereocenters. The van der Waals surface area contributed by atoms with Crippen LogP contribution in [0.4, 0.5) is 5.69 Å². The van der Waals surface area contributed by atoms with Crippen molar-refractivity contribution in [3.05, 3.63) is 77.4 Å². The van der Waals surface area contributed by atoms with Gasteiger partial charge < -0.3 is 15.0 Å². The summed E-state index contributed by atoms with van der Waals surface area (Å²) < 4.78 is 5.56. The zero-order valence-electron chi connectivity index (χ0n) is 17.5. The van der Waals surface area contributed by atoms with Gasteiger partial charge in [0.1, 0.15) is 11.6 Å². The van der Waals surface area contributed by atoms with Gasteiger partial charge in [-0.15, -0.1) is 0 Å². The van der Waals surface area contributed by atoms with Gasteiger partial charge in [0.25, 0.3) is 5.91 Å². The molecule has 1 aromatic heterocycles. The Bertz CT molecular complexity index is 1140. The number of nitrogens with one attached hydrogen (secondary N) is 2. The predicted octanol–water partition coefficient (Wildman–Crippen LogP) is 5.43. The van der Waals surface area contributed by atoms with Crippen LogP contribution in [0.1, 0.15) is 23.6 Å². The van der Waals surface area contributed by atoms with Gasteiger partial charge in [0.05, 0.1) is 11.0 Å². The molecule has 3 aromatic carbocycles. The lowest BCUT2D eigenvalue weighted by atomic mass is 10.1. The molecule has 0 saturated heterocycles. The average Bonchev–Trinajstić information content (AvgIpc) is 3.16. The van der Waals surface area contributed by atoms with Crippen LogP contribution in [0.5, 0.6) is 5.75 Å².